The molecule has 1 fully saturated rings. The zero-order valence-corrected chi connectivity index (χ0v) is 9.53. The topological polar surface area (TPSA) is 92.5 Å². The molecule has 6 heteroatoms. The molecule has 1 rings (SSSR count). The molecule has 2 unspecified atom stereocenters. The number of amides is 4. The predicted octanol–water partition coefficient (Wildman–Crippen LogP) is -0.172. The van der Waals surface area contributed by atoms with Crippen LogP contribution in [0.25, 0.3) is 0 Å². The number of imide groups is 2. The first-order chi connectivity index (χ1) is 7.52. The normalized spacial score (nSPS) is 23.3. The number of rotatable bonds is 4. The maximum absolute atomic E-state index is 11.9. The van der Waals surface area contributed by atoms with E-state index in [0.29, 0.717) is 6.42 Å². The quantitative estimate of drug-likeness (QED) is 0.652. The van der Waals surface area contributed by atoms with Crippen molar-refractivity contribution in [1.29, 1.82) is 0 Å². The van der Waals surface area contributed by atoms with Crippen LogP contribution < -0.4 is 11.1 Å². The van der Waals surface area contributed by atoms with Gasteiger partial charge >= 0.3 is 6.03 Å². The van der Waals surface area contributed by atoms with E-state index in [9.17, 15) is 14.4 Å². The van der Waals surface area contributed by atoms with E-state index in [0.717, 1.165) is 4.90 Å². The summed E-state index contributed by atoms with van der Waals surface area (Å²) in [4.78, 5) is 36.0. The molecule has 0 bridgehead atoms. The highest BCUT2D eigenvalue weighted by Gasteiger charge is 2.41. The Hall–Kier alpha value is -1.43. The van der Waals surface area contributed by atoms with Gasteiger partial charge in [-0.3, -0.25) is 19.8 Å². The fraction of sp³-hybridized carbons (Fsp3) is 0.700. The Morgan fingerprint density at radius 1 is 1.44 bits per heavy atom. The van der Waals surface area contributed by atoms with E-state index in [-0.39, 0.29) is 19.0 Å². The average Bonchev–Trinajstić information content (AvgIpc) is 2.23. The van der Waals surface area contributed by atoms with E-state index in [4.69, 9.17) is 5.73 Å². The van der Waals surface area contributed by atoms with Crippen molar-refractivity contribution < 1.29 is 14.4 Å². The Morgan fingerprint density at radius 3 is 2.56 bits per heavy atom. The summed E-state index contributed by atoms with van der Waals surface area (Å²) in [7, 11) is 0. The van der Waals surface area contributed by atoms with Gasteiger partial charge in [-0.25, -0.2) is 4.79 Å². The molecule has 0 spiro atoms. The molecule has 1 saturated heterocycles. The van der Waals surface area contributed by atoms with Crippen molar-refractivity contribution >= 4 is 17.8 Å². The number of hydrogen-bond acceptors (Lipinski definition) is 4. The second kappa shape index (κ2) is 5.07. The lowest BCUT2D eigenvalue weighted by molar-refractivity contribution is -0.144. The molecule has 0 aromatic carbocycles. The molecule has 0 saturated carbocycles. The van der Waals surface area contributed by atoms with Gasteiger partial charge in [0.25, 0.3) is 0 Å². The van der Waals surface area contributed by atoms with E-state index < -0.39 is 23.8 Å². The number of hydrogen-bond donors (Lipinski definition) is 2. The summed E-state index contributed by atoms with van der Waals surface area (Å²) in [5.74, 6) is -1.80. The minimum absolute atomic E-state index is 0.208. The van der Waals surface area contributed by atoms with Gasteiger partial charge in [0.05, 0.1) is 0 Å². The summed E-state index contributed by atoms with van der Waals surface area (Å²) in [6, 6.07) is -0.835. The number of carbonyl (C=O) groups is 3. The van der Waals surface area contributed by atoms with Gasteiger partial charge in [-0.1, -0.05) is 6.92 Å². The number of nitrogens with zero attached hydrogens (tertiary/aromatic N) is 1. The number of urea groups is 1. The molecule has 0 aromatic rings. The molecule has 1 aliphatic rings. The Kier molecular flexibility index (Phi) is 4.00. The maximum Gasteiger partial charge on any atom is 0.331 e. The predicted molar refractivity (Wildman–Crippen MR) is 57.3 cm³/mol. The standard InChI is InChI=1S/C10H17N3O3/c1-3-6(2)13-9(15)7(4-5-11)8(14)12-10(13)16/h6-7H,3-5,11H2,1-2H3,(H,12,14,16). The van der Waals surface area contributed by atoms with Crippen molar-refractivity contribution in [1.82, 2.24) is 10.2 Å². The van der Waals surface area contributed by atoms with E-state index >= 15 is 0 Å². The van der Waals surface area contributed by atoms with Crippen molar-refractivity contribution in [3.8, 4) is 0 Å². The summed E-state index contributed by atoms with van der Waals surface area (Å²) in [6.45, 7) is 3.89. The highest BCUT2D eigenvalue weighted by Crippen LogP contribution is 2.17. The number of carbonyl (C=O) groups excluding carboxylic acids is 3. The van der Waals surface area contributed by atoms with E-state index in [1.165, 1.54) is 0 Å². The van der Waals surface area contributed by atoms with Gasteiger partial charge in [-0.2, -0.15) is 0 Å². The van der Waals surface area contributed by atoms with Crippen molar-refractivity contribution in [2.75, 3.05) is 6.54 Å². The van der Waals surface area contributed by atoms with Crippen molar-refractivity contribution in [3.63, 3.8) is 0 Å². The summed E-state index contributed by atoms with van der Waals surface area (Å²) >= 11 is 0. The summed E-state index contributed by atoms with van der Waals surface area (Å²) in [6.07, 6.45) is 0.924. The van der Waals surface area contributed by atoms with Crippen LogP contribution in [0.15, 0.2) is 0 Å². The van der Waals surface area contributed by atoms with Crippen LogP contribution in [0.1, 0.15) is 26.7 Å². The summed E-state index contributed by atoms with van der Waals surface area (Å²) < 4.78 is 0. The van der Waals surface area contributed by atoms with Crippen molar-refractivity contribution in [2.24, 2.45) is 11.7 Å². The van der Waals surface area contributed by atoms with Crippen LogP contribution in [-0.2, 0) is 9.59 Å². The minimum atomic E-state index is -0.823. The lowest BCUT2D eigenvalue weighted by Crippen LogP contribution is -2.60. The Balaban J connectivity index is 2.89. The molecule has 2 atom stereocenters. The first-order valence-corrected chi connectivity index (χ1v) is 5.40. The first kappa shape index (κ1) is 12.6. The number of nitrogens with one attached hydrogen (secondary N) is 1. The van der Waals surface area contributed by atoms with Crippen LogP contribution >= 0.6 is 0 Å². The Bertz CT molecular complexity index is 316. The zero-order valence-electron chi connectivity index (χ0n) is 9.53. The minimum Gasteiger partial charge on any atom is -0.330 e. The van der Waals surface area contributed by atoms with Crippen LogP contribution in [0.2, 0.25) is 0 Å². The van der Waals surface area contributed by atoms with Crippen LogP contribution in [-0.4, -0.2) is 35.3 Å². The molecule has 1 heterocycles. The Labute approximate surface area is 94.2 Å². The SMILES string of the molecule is CCC(C)N1C(=O)NC(=O)C(CCN)C1=O. The lowest BCUT2D eigenvalue weighted by atomic mass is 9.99. The van der Waals surface area contributed by atoms with Gasteiger partial charge < -0.3 is 5.73 Å². The highest BCUT2D eigenvalue weighted by atomic mass is 16.2. The molecule has 0 aromatic heterocycles. The molecular formula is C10H17N3O3. The lowest BCUT2D eigenvalue weighted by Gasteiger charge is -2.33. The molecule has 0 aliphatic carbocycles. The van der Waals surface area contributed by atoms with Gasteiger partial charge in [-0.15, -0.1) is 0 Å². The largest absolute Gasteiger partial charge is 0.331 e. The monoisotopic (exact) mass is 227 g/mol. The molecule has 90 valence electrons. The molecule has 6 nitrogen and oxygen atoms in total. The van der Waals surface area contributed by atoms with Gasteiger partial charge in [0.15, 0.2) is 0 Å². The van der Waals surface area contributed by atoms with Gasteiger partial charge in [0.1, 0.15) is 5.92 Å². The second-order valence-corrected chi connectivity index (χ2v) is 3.89. The fourth-order valence-corrected chi connectivity index (χ4v) is 1.65. The summed E-state index contributed by atoms with van der Waals surface area (Å²) in [5, 5.41) is 2.18. The fourth-order valence-electron chi connectivity index (χ4n) is 1.65. The molecule has 0 radical (unpaired) electrons. The third kappa shape index (κ3) is 2.21. The smallest absolute Gasteiger partial charge is 0.330 e. The van der Waals surface area contributed by atoms with E-state index in [2.05, 4.69) is 5.32 Å². The third-order valence-corrected chi connectivity index (χ3v) is 2.79. The first-order valence-electron chi connectivity index (χ1n) is 5.40. The highest BCUT2D eigenvalue weighted by molar-refractivity contribution is 6.16. The van der Waals surface area contributed by atoms with E-state index in [1.54, 1.807) is 6.92 Å². The van der Waals surface area contributed by atoms with Crippen LogP contribution in [0.5, 0.6) is 0 Å². The number of barbiturate groups is 1. The second-order valence-electron chi connectivity index (χ2n) is 3.89. The number of nitrogens with two attached hydrogens (primary N) is 1. The van der Waals surface area contributed by atoms with Gasteiger partial charge in [-0.05, 0) is 26.3 Å². The third-order valence-electron chi connectivity index (χ3n) is 2.79. The van der Waals surface area contributed by atoms with Gasteiger partial charge in [0.2, 0.25) is 11.8 Å². The van der Waals surface area contributed by atoms with Crippen LogP contribution in [0.3, 0.4) is 0 Å². The van der Waals surface area contributed by atoms with Gasteiger partial charge in [0, 0.05) is 6.04 Å². The van der Waals surface area contributed by atoms with Crippen LogP contribution in [0, 0.1) is 5.92 Å². The van der Waals surface area contributed by atoms with Crippen LogP contribution in [0.4, 0.5) is 4.79 Å². The maximum atomic E-state index is 11.9. The molecular weight excluding hydrogens is 210 g/mol. The van der Waals surface area contributed by atoms with Crippen molar-refractivity contribution in [2.45, 2.75) is 32.7 Å². The molecule has 3 N–H and O–H groups in total. The summed E-state index contributed by atoms with van der Waals surface area (Å²) in [5.41, 5.74) is 5.34. The molecule has 4 amide bonds. The zero-order chi connectivity index (χ0) is 12.3. The molecule has 16 heavy (non-hydrogen) atoms. The van der Waals surface area contributed by atoms with Crippen molar-refractivity contribution in [3.05, 3.63) is 0 Å². The Morgan fingerprint density at radius 2 is 2.06 bits per heavy atom. The van der Waals surface area contributed by atoms with E-state index in [1.807, 2.05) is 6.92 Å². The average molecular weight is 227 g/mol. The molecule has 1 aliphatic heterocycles.